The summed E-state index contributed by atoms with van der Waals surface area (Å²) in [6.45, 7) is 2.72. The Labute approximate surface area is 108 Å². The Balaban J connectivity index is 1.87. The number of carbonyl (C=O) groups is 1. The summed E-state index contributed by atoms with van der Waals surface area (Å²) in [4.78, 5) is 16.3. The molecule has 1 aliphatic carbocycles. The molecule has 1 aromatic heterocycles. The lowest BCUT2D eigenvalue weighted by Gasteiger charge is -2.26. The molecular weight excluding hydrogens is 226 g/mol. The Bertz CT molecular complexity index is 394. The number of hydrogen-bond donors (Lipinski definition) is 2. The first-order valence-electron chi connectivity index (χ1n) is 6.62. The van der Waals surface area contributed by atoms with E-state index in [1.807, 2.05) is 19.1 Å². The van der Waals surface area contributed by atoms with Crippen LogP contribution in [0.3, 0.4) is 0 Å². The maximum Gasteiger partial charge on any atom is 0.228 e. The van der Waals surface area contributed by atoms with Gasteiger partial charge >= 0.3 is 0 Å². The molecule has 1 heterocycles. The van der Waals surface area contributed by atoms with E-state index in [9.17, 15) is 4.79 Å². The van der Waals surface area contributed by atoms with Crippen molar-refractivity contribution in [3.8, 4) is 0 Å². The van der Waals surface area contributed by atoms with Gasteiger partial charge in [-0.3, -0.25) is 4.79 Å². The zero-order valence-corrected chi connectivity index (χ0v) is 10.9. The molecule has 0 radical (unpaired) electrons. The summed E-state index contributed by atoms with van der Waals surface area (Å²) in [6, 6.07) is 3.80. The number of nitrogens with zero attached hydrogens (tertiary/aromatic N) is 1. The third-order valence-electron chi connectivity index (χ3n) is 3.71. The second-order valence-electron chi connectivity index (χ2n) is 5.16. The summed E-state index contributed by atoms with van der Waals surface area (Å²) in [5, 5.41) is 2.89. The lowest BCUT2D eigenvalue weighted by Crippen LogP contribution is -2.29. The number of nitrogens with one attached hydrogen (secondary N) is 1. The minimum absolute atomic E-state index is 0.0989. The van der Waals surface area contributed by atoms with Crippen LogP contribution in [0.5, 0.6) is 0 Å². The fourth-order valence-corrected chi connectivity index (χ4v) is 2.43. The van der Waals surface area contributed by atoms with Gasteiger partial charge in [0.15, 0.2) is 0 Å². The number of carbonyl (C=O) groups excluding carboxylic acids is 1. The van der Waals surface area contributed by atoms with E-state index in [2.05, 4.69) is 10.3 Å². The molecule has 0 aromatic carbocycles. The highest BCUT2D eigenvalue weighted by atomic mass is 16.1. The largest absolute Gasteiger partial charge is 0.330 e. The van der Waals surface area contributed by atoms with E-state index >= 15 is 0 Å². The second-order valence-corrected chi connectivity index (χ2v) is 5.16. The average molecular weight is 247 g/mol. The van der Waals surface area contributed by atoms with Crippen LogP contribution in [0.15, 0.2) is 18.3 Å². The van der Waals surface area contributed by atoms with E-state index in [1.54, 1.807) is 6.20 Å². The summed E-state index contributed by atoms with van der Waals surface area (Å²) in [6.07, 6.45) is 5.78. The number of hydrogen-bond acceptors (Lipinski definition) is 3. The number of rotatable bonds is 3. The highest BCUT2D eigenvalue weighted by molar-refractivity contribution is 5.91. The van der Waals surface area contributed by atoms with Crippen LogP contribution in [0.2, 0.25) is 0 Å². The number of nitrogens with two attached hydrogens (primary N) is 1. The number of pyridine rings is 1. The van der Waals surface area contributed by atoms with Crippen molar-refractivity contribution in [2.75, 3.05) is 11.9 Å². The molecule has 0 atom stereocenters. The van der Waals surface area contributed by atoms with Crippen LogP contribution in [0.1, 0.15) is 31.2 Å². The number of anilines is 1. The topological polar surface area (TPSA) is 68.0 Å². The van der Waals surface area contributed by atoms with E-state index in [4.69, 9.17) is 5.73 Å². The van der Waals surface area contributed by atoms with Crippen LogP contribution < -0.4 is 11.1 Å². The van der Waals surface area contributed by atoms with E-state index in [0.717, 1.165) is 37.8 Å². The standard InChI is InChI=1S/C14H21N3O/c1-10-2-7-13(16-9-10)17-14(18)12-5-3-11(8-15)4-6-12/h2,7,9,11-12H,3-6,8,15H2,1H3,(H,16,17,18). The van der Waals surface area contributed by atoms with Crippen LogP contribution in [-0.2, 0) is 4.79 Å². The van der Waals surface area contributed by atoms with Gasteiger partial charge in [-0.25, -0.2) is 4.98 Å². The van der Waals surface area contributed by atoms with Crippen molar-refractivity contribution >= 4 is 11.7 Å². The highest BCUT2D eigenvalue weighted by Crippen LogP contribution is 2.28. The SMILES string of the molecule is Cc1ccc(NC(=O)C2CCC(CN)CC2)nc1. The molecular formula is C14H21N3O. The van der Waals surface area contributed by atoms with Crippen molar-refractivity contribution in [2.24, 2.45) is 17.6 Å². The first-order chi connectivity index (χ1) is 8.69. The minimum atomic E-state index is 0.0989. The van der Waals surface area contributed by atoms with Crippen molar-refractivity contribution < 1.29 is 4.79 Å². The fraction of sp³-hybridized carbons (Fsp3) is 0.571. The Hall–Kier alpha value is -1.42. The predicted molar refractivity (Wildman–Crippen MR) is 72.1 cm³/mol. The average Bonchev–Trinajstić information content (AvgIpc) is 2.41. The van der Waals surface area contributed by atoms with Gasteiger partial charge in [-0.2, -0.15) is 0 Å². The van der Waals surface area contributed by atoms with Gasteiger partial charge in [0.2, 0.25) is 5.91 Å². The van der Waals surface area contributed by atoms with E-state index in [-0.39, 0.29) is 11.8 Å². The summed E-state index contributed by atoms with van der Waals surface area (Å²) < 4.78 is 0. The van der Waals surface area contributed by atoms with Crippen LogP contribution in [0, 0.1) is 18.8 Å². The van der Waals surface area contributed by atoms with Crippen LogP contribution in [0.25, 0.3) is 0 Å². The van der Waals surface area contributed by atoms with Gasteiger partial charge in [-0.05, 0) is 56.7 Å². The van der Waals surface area contributed by atoms with Crippen molar-refractivity contribution in [3.63, 3.8) is 0 Å². The summed E-state index contributed by atoms with van der Waals surface area (Å²) in [5.41, 5.74) is 6.75. The molecule has 0 aliphatic heterocycles. The van der Waals surface area contributed by atoms with E-state index in [1.165, 1.54) is 0 Å². The first kappa shape index (κ1) is 13.0. The molecule has 1 saturated carbocycles. The summed E-state index contributed by atoms with van der Waals surface area (Å²) >= 11 is 0. The first-order valence-corrected chi connectivity index (χ1v) is 6.62. The van der Waals surface area contributed by atoms with Crippen LogP contribution in [-0.4, -0.2) is 17.4 Å². The Morgan fingerprint density at radius 2 is 2.11 bits per heavy atom. The van der Waals surface area contributed by atoms with Crippen LogP contribution in [0.4, 0.5) is 5.82 Å². The van der Waals surface area contributed by atoms with Crippen LogP contribution >= 0.6 is 0 Å². The maximum absolute atomic E-state index is 12.1. The lowest BCUT2D eigenvalue weighted by molar-refractivity contribution is -0.121. The zero-order valence-electron chi connectivity index (χ0n) is 10.9. The highest BCUT2D eigenvalue weighted by Gasteiger charge is 2.25. The predicted octanol–water partition coefficient (Wildman–Crippen LogP) is 2.09. The molecule has 4 heteroatoms. The smallest absolute Gasteiger partial charge is 0.228 e. The third kappa shape index (κ3) is 3.29. The zero-order chi connectivity index (χ0) is 13.0. The molecule has 1 aliphatic rings. The number of amides is 1. The number of aryl methyl sites for hydroxylation is 1. The quantitative estimate of drug-likeness (QED) is 0.859. The molecule has 4 nitrogen and oxygen atoms in total. The second kappa shape index (κ2) is 5.96. The molecule has 3 N–H and O–H groups in total. The van der Waals surface area contributed by atoms with E-state index in [0.29, 0.717) is 11.7 Å². The van der Waals surface area contributed by atoms with Gasteiger partial charge in [0.1, 0.15) is 5.82 Å². The molecule has 0 saturated heterocycles. The molecule has 1 amide bonds. The summed E-state index contributed by atoms with van der Waals surface area (Å²) in [5.74, 6) is 1.47. The fourth-order valence-electron chi connectivity index (χ4n) is 2.43. The molecule has 1 fully saturated rings. The van der Waals surface area contributed by atoms with Gasteiger partial charge in [-0.15, -0.1) is 0 Å². The van der Waals surface area contributed by atoms with E-state index < -0.39 is 0 Å². The molecule has 98 valence electrons. The monoisotopic (exact) mass is 247 g/mol. The van der Waals surface area contributed by atoms with Gasteiger partial charge in [0.05, 0.1) is 0 Å². The molecule has 2 rings (SSSR count). The lowest BCUT2D eigenvalue weighted by atomic mass is 9.81. The van der Waals surface area contributed by atoms with Gasteiger partial charge in [0, 0.05) is 12.1 Å². The van der Waals surface area contributed by atoms with Crippen molar-refractivity contribution in [1.29, 1.82) is 0 Å². The molecule has 0 bridgehead atoms. The maximum atomic E-state index is 12.1. The Kier molecular flexibility index (Phi) is 4.31. The van der Waals surface area contributed by atoms with Gasteiger partial charge in [0.25, 0.3) is 0 Å². The van der Waals surface area contributed by atoms with Gasteiger partial charge in [-0.1, -0.05) is 6.07 Å². The molecule has 18 heavy (non-hydrogen) atoms. The molecule has 0 unspecified atom stereocenters. The van der Waals surface area contributed by atoms with Crippen molar-refractivity contribution in [3.05, 3.63) is 23.9 Å². The van der Waals surface area contributed by atoms with Crippen molar-refractivity contribution in [1.82, 2.24) is 4.98 Å². The number of aromatic nitrogens is 1. The van der Waals surface area contributed by atoms with Gasteiger partial charge < -0.3 is 11.1 Å². The molecule has 1 aromatic rings. The minimum Gasteiger partial charge on any atom is -0.330 e. The normalized spacial score (nSPS) is 23.7. The third-order valence-corrected chi connectivity index (χ3v) is 3.71. The molecule has 0 spiro atoms. The summed E-state index contributed by atoms with van der Waals surface area (Å²) in [7, 11) is 0. The Morgan fingerprint density at radius 1 is 1.39 bits per heavy atom. The Morgan fingerprint density at radius 3 is 2.67 bits per heavy atom. The van der Waals surface area contributed by atoms with Crippen molar-refractivity contribution in [2.45, 2.75) is 32.6 Å².